The average Bonchev–Trinajstić information content (AvgIpc) is 2.24. The molecular weight excluding hydrogens is 217 g/mol. The first-order valence-electron chi connectivity index (χ1n) is 5.89. The summed E-state index contributed by atoms with van der Waals surface area (Å²) >= 11 is 0. The van der Waals surface area contributed by atoms with Gasteiger partial charge in [0.2, 0.25) is 0 Å². The number of benzene rings is 1. The Bertz CT molecular complexity index is 384. The Kier molecular flexibility index (Phi) is 4.15. The van der Waals surface area contributed by atoms with E-state index in [0.717, 1.165) is 5.69 Å². The van der Waals surface area contributed by atoms with Crippen LogP contribution >= 0.6 is 0 Å². The van der Waals surface area contributed by atoms with Crippen LogP contribution in [0.2, 0.25) is 0 Å². The van der Waals surface area contributed by atoms with E-state index in [1.165, 1.54) is 12.1 Å². The van der Waals surface area contributed by atoms with E-state index >= 15 is 0 Å². The third-order valence-corrected chi connectivity index (χ3v) is 3.37. The summed E-state index contributed by atoms with van der Waals surface area (Å²) in [7, 11) is 1.95. The number of aliphatic hydroxyl groups excluding tert-OH is 1. The van der Waals surface area contributed by atoms with Crippen molar-refractivity contribution >= 4 is 5.69 Å². The Labute approximate surface area is 103 Å². The molecule has 0 spiro atoms. The van der Waals surface area contributed by atoms with Crippen molar-refractivity contribution in [2.75, 3.05) is 11.9 Å². The van der Waals surface area contributed by atoms with Crippen molar-refractivity contribution in [1.29, 1.82) is 0 Å². The zero-order chi connectivity index (χ0) is 13.2. The van der Waals surface area contributed by atoms with E-state index in [4.69, 9.17) is 5.11 Å². The zero-order valence-electron chi connectivity index (χ0n) is 11.3. The second-order valence-corrected chi connectivity index (χ2v) is 5.63. The molecule has 0 bridgehead atoms. The van der Waals surface area contributed by atoms with Crippen molar-refractivity contribution in [2.24, 2.45) is 5.41 Å². The molecule has 0 fully saturated rings. The first-order chi connectivity index (χ1) is 7.75. The Hall–Kier alpha value is -1.09. The molecule has 0 amide bonds. The van der Waals surface area contributed by atoms with Crippen LogP contribution in [-0.2, 0) is 6.61 Å². The van der Waals surface area contributed by atoms with Gasteiger partial charge in [-0.3, -0.25) is 0 Å². The van der Waals surface area contributed by atoms with Gasteiger partial charge in [0, 0.05) is 18.8 Å². The van der Waals surface area contributed by atoms with Crippen LogP contribution in [0.1, 0.15) is 33.3 Å². The molecule has 0 saturated heterocycles. The number of aliphatic hydroxyl groups is 1. The molecule has 17 heavy (non-hydrogen) atoms. The quantitative estimate of drug-likeness (QED) is 0.875. The maximum Gasteiger partial charge on any atom is 0.125 e. The third kappa shape index (κ3) is 3.43. The minimum Gasteiger partial charge on any atom is -0.392 e. The second-order valence-electron chi connectivity index (χ2n) is 5.63. The van der Waals surface area contributed by atoms with Crippen molar-refractivity contribution in [2.45, 2.75) is 40.3 Å². The lowest BCUT2D eigenvalue weighted by molar-refractivity contribution is 0.281. The number of nitrogens with zero attached hydrogens (tertiary/aromatic N) is 1. The van der Waals surface area contributed by atoms with Gasteiger partial charge in [0.25, 0.3) is 0 Å². The maximum atomic E-state index is 13.4. The molecule has 0 aliphatic carbocycles. The van der Waals surface area contributed by atoms with Crippen molar-refractivity contribution in [3.8, 4) is 0 Å². The topological polar surface area (TPSA) is 23.5 Å². The summed E-state index contributed by atoms with van der Waals surface area (Å²) in [5.41, 5.74) is 1.52. The van der Waals surface area contributed by atoms with Gasteiger partial charge in [-0.25, -0.2) is 4.39 Å². The van der Waals surface area contributed by atoms with E-state index in [9.17, 15) is 4.39 Å². The van der Waals surface area contributed by atoms with Gasteiger partial charge < -0.3 is 10.0 Å². The summed E-state index contributed by atoms with van der Waals surface area (Å²) in [4.78, 5) is 2.04. The van der Waals surface area contributed by atoms with Gasteiger partial charge >= 0.3 is 0 Å². The van der Waals surface area contributed by atoms with Crippen LogP contribution in [0.3, 0.4) is 0 Å². The molecule has 2 nitrogen and oxygen atoms in total. The van der Waals surface area contributed by atoms with Crippen LogP contribution < -0.4 is 4.90 Å². The van der Waals surface area contributed by atoms with Gasteiger partial charge in [0.05, 0.1) is 6.61 Å². The van der Waals surface area contributed by atoms with E-state index in [2.05, 4.69) is 27.7 Å². The number of hydrogen-bond acceptors (Lipinski definition) is 2. The molecule has 0 heterocycles. The summed E-state index contributed by atoms with van der Waals surface area (Å²) in [5, 5.41) is 9.08. The molecule has 0 radical (unpaired) electrons. The summed E-state index contributed by atoms with van der Waals surface area (Å²) in [6, 6.07) is 4.96. The number of halogens is 1. The highest BCUT2D eigenvalue weighted by Gasteiger charge is 2.24. The van der Waals surface area contributed by atoms with Gasteiger partial charge in [-0.1, -0.05) is 20.8 Å². The molecule has 0 aliphatic rings. The largest absolute Gasteiger partial charge is 0.392 e. The molecular formula is C14H22FNO. The fourth-order valence-corrected chi connectivity index (χ4v) is 1.73. The fraction of sp³-hybridized carbons (Fsp3) is 0.571. The highest BCUT2D eigenvalue weighted by Crippen LogP contribution is 2.28. The Balaban J connectivity index is 3.03. The number of hydrogen-bond donors (Lipinski definition) is 1. The van der Waals surface area contributed by atoms with Crippen LogP contribution in [0.15, 0.2) is 18.2 Å². The molecule has 1 aromatic carbocycles. The molecule has 0 aliphatic heterocycles. The first-order valence-corrected chi connectivity index (χ1v) is 5.89. The minimum absolute atomic E-state index is 0.112. The van der Waals surface area contributed by atoms with Crippen LogP contribution in [0.5, 0.6) is 0 Å². The molecule has 96 valence electrons. The van der Waals surface area contributed by atoms with Gasteiger partial charge in [-0.15, -0.1) is 0 Å². The molecule has 0 saturated carbocycles. The molecule has 3 heteroatoms. The maximum absolute atomic E-state index is 13.4. The smallest absolute Gasteiger partial charge is 0.125 e. The van der Waals surface area contributed by atoms with Crippen molar-refractivity contribution in [3.63, 3.8) is 0 Å². The standard InChI is InChI=1S/C14H22FNO/c1-10(14(2,3)4)16(5)13-7-11(9-17)6-12(15)8-13/h6-8,10,17H,9H2,1-5H3. The van der Waals surface area contributed by atoms with Gasteiger partial charge in [0.1, 0.15) is 5.82 Å². The lowest BCUT2D eigenvalue weighted by atomic mass is 9.87. The van der Waals surface area contributed by atoms with Crippen LogP contribution in [-0.4, -0.2) is 18.2 Å². The van der Waals surface area contributed by atoms with Gasteiger partial charge in [0.15, 0.2) is 0 Å². The zero-order valence-corrected chi connectivity index (χ0v) is 11.3. The first kappa shape index (κ1) is 14.0. The second kappa shape index (κ2) is 5.05. The summed E-state index contributed by atoms with van der Waals surface area (Å²) in [6.45, 7) is 8.44. The van der Waals surface area contributed by atoms with Gasteiger partial charge in [-0.05, 0) is 36.1 Å². The monoisotopic (exact) mass is 239 g/mol. The van der Waals surface area contributed by atoms with E-state index in [0.29, 0.717) is 5.56 Å². The predicted octanol–water partition coefficient (Wildman–Crippen LogP) is 3.19. The van der Waals surface area contributed by atoms with Crippen molar-refractivity contribution in [3.05, 3.63) is 29.6 Å². The number of rotatable bonds is 3. The van der Waals surface area contributed by atoms with E-state index in [1.54, 1.807) is 0 Å². The highest BCUT2D eigenvalue weighted by molar-refractivity contribution is 5.49. The Morgan fingerprint density at radius 2 is 1.88 bits per heavy atom. The highest BCUT2D eigenvalue weighted by atomic mass is 19.1. The van der Waals surface area contributed by atoms with E-state index < -0.39 is 0 Å². The van der Waals surface area contributed by atoms with Crippen LogP contribution in [0.4, 0.5) is 10.1 Å². The fourth-order valence-electron chi connectivity index (χ4n) is 1.73. The summed E-state index contributed by atoms with van der Waals surface area (Å²) in [5.74, 6) is -0.306. The van der Waals surface area contributed by atoms with E-state index in [-0.39, 0.29) is 23.9 Å². The predicted molar refractivity (Wildman–Crippen MR) is 69.6 cm³/mol. The molecule has 1 atom stereocenters. The third-order valence-electron chi connectivity index (χ3n) is 3.37. The molecule has 1 rings (SSSR count). The Morgan fingerprint density at radius 1 is 1.29 bits per heavy atom. The lowest BCUT2D eigenvalue weighted by Crippen LogP contribution is -2.39. The minimum atomic E-state index is -0.306. The summed E-state index contributed by atoms with van der Waals surface area (Å²) in [6.07, 6.45) is 0. The molecule has 1 N–H and O–H groups in total. The van der Waals surface area contributed by atoms with Crippen LogP contribution in [0.25, 0.3) is 0 Å². The summed E-state index contributed by atoms with van der Waals surface area (Å²) < 4.78 is 13.4. The van der Waals surface area contributed by atoms with Crippen molar-refractivity contribution in [1.82, 2.24) is 0 Å². The van der Waals surface area contributed by atoms with Gasteiger partial charge in [-0.2, -0.15) is 0 Å². The molecule has 1 unspecified atom stereocenters. The van der Waals surface area contributed by atoms with E-state index in [1.807, 2.05) is 18.0 Å². The lowest BCUT2D eigenvalue weighted by Gasteiger charge is -2.37. The average molecular weight is 239 g/mol. The molecule has 1 aromatic rings. The van der Waals surface area contributed by atoms with Crippen molar-refractivity contribution < 1.29 is 9.50 Å². The number of anilines is 1. The SMILES string of the molecule is CC(N(C)c1cc(F)cc(CO)c1)C(C)(C)C. The normalized spacial score (nSPS) is 13.6. The Morgan fingerprint density at radius 3 is 2.35 bits per heavy atom. The van der Waals surface area contributed by atoms with Crippen LogP contribution in [0, 0.1) is 11.2 Å². The molecule has 0 aromatic heterocycles.